The van der Waals surface area contributed by atoms with Crippen LogP contribution in [0, 0.1) is 12.8 Å². The van der Waals surface area contributed by atoms with Crippen molar-refractivity contribution in [3.8, 4) is 0 Å². The van der Waals surface area contributed by atoms with Crippen LogP contribution in [0.4, 0.5) is 14.6 Å². The van der Waals surface area contributed by atoms with Crippen molar-refractivity contribution in [2.24, 2.45) is 5.92 Å². The number of anilines is 1. The summed E-state index contributed by atoms with van der Waals surface area (Å²) in [6.07, 6.45) is 3.03. The average Bonchev–Trinajstić information content (AvgIpc) is 3.34. The Bertz CT molecular complexity index is 1270. The molecule has 1 aliphatic carbocycles. The van der Waals surface area contributed by atoms with E-state index in [1.165, 1.54) is 42.1 Å². The molecule has 6 nitrogen and oxygen atoms in total. The van der Waals surface area contributed by atoms with E-state index in [4.69, 9.17) is 16.3 Å². The first-order chi connectivity index (χ1) is 16.6. The first kappa shape index (κ1) is 24.2. The molecule has 1 fully saturated rings. The molecule has 0 saturated heterocycles. The van der Waals surface area contributed by atoms with E-state index in [-0.39, 0.29) is 23.3 Å². The Hall–Kier alpha value is -2.46. The highest BCUT2D eigenvalue weighted by Gasteiger charge is 2.42. The summed E-state index contributed by atoms with van der Waals surface area (Å²) in [7, 11) is 0. The largest absolute Gasteiger partial charge is 0.393 e. The molecule has 2 aromatic heterocycles. The standard InChI is InChI=1S/C25H24ClF2N3O3S/c1-12-5-15(7-20(12)32)31-24-18(9-29-11-30-24)22(33)21-8-16(13(2)35-21)23-17-6-14(26)3-4-19(17)25(27,28)10-34-23/h3-4,6,8-9,11-12,15,20,23,32H,5,7,10H2,1-2H3,(H,29,30,31)/t12-,15-,20+,23+/m1/s1. The van der Waals surface area contributed by atoms with E-state index >= 15 is 0 Å². The van der Waals surface area contributed by atoms with Gasteiger partial charge < -0.3 is 15.2 Å². The zero-order chi connectivity index (χ0) is 24.9. The van der Waals surface area contributed by atoms with Gasteiger partial charge in [-0.25, -0.2) is 9.97 Å². The third-order valence-corrected chi connectivity index (χ3v) is 8.02. The maximum atomic E-state index is 14.5. The monoisotopic (exact) mass is 519 g/mol. The van der Waals surface area contributed by atoms with Crippen LogP contribution in [0.2, 0.25) is 5.02 Å². The first-order valence-corrected chi connectivity index (χ1v) is 12.5. The molecule has 0 spiro atoms. The number of halogens is 3. The van der Waals surface area contributed by atoms with Crippen molar-refractivity contribution in [1.29, 1.82) is 0 Å². The summed E-state index contributed by atoms with van der Waals surface area (Å²) in [6, 6.07) is 5.97. The number of nitrogens with zero attached hydrogens (tertiary/aromatic N) is 2. The highest BCUT2D eigenvalue weighted by Crippen LogP contribution is 2.45. The Kier molecular flexibility index (Phi) is 6.37. The lowest BCUT2D eigenvalue weighted by molar-refractivity contribution is -0.115. The smallest absolute Gasteiger partial charge is 0.296 e. The van der Waals surface area contributed by atoms with Crippen molar-refractivity contribution >= 4 is 34.5 Å². The molecule has 184 valence electrons. The molecular formula is C25H24ClF2N3O3S. The molecule has 3 aromatic rings. The lowest BCUT2D eigenvalue weighted by Gasteiger charge is -2.32. The number of hydrogen-bond acceptors (Lipinski definition) is 7. The van der Waals surface area contributed by atoms with Crippen LogP contribution < -0.4 is 5.32 Å². The quantitative estimate of drug-likeness (QED) is 0.432. The Morgan fingerprint density at radius 1 is 1.29 bits per heavy atom. The second kappa shape index (κ2) is 9.20. The van der Waals surface area contributed by atoms with Crippen LogP contribution in [0.1, 0.15) is 62.7 Å². The molecule has 0 radical (unpaired) electrons. The van der Waals surface area contributed by atoms with Crippen LogP contribution in [0.5, 0.6) is 0 Å². The number of benzene rings is 1. The summed E-state index contributed by atoms with van der Waals surface area (Å²) >= 11 is 7.38. The number of ether oxygens (including phenoxy) is 1. The highest BCUT2D eigenvalue weighted by molar-refractivity contribution is 7.14. The molecule has 4 atom stereocenters. The van der Waals surface area contributed by atoms with Crippen LogP contribution in [-0.4, -0.2) is 39.6 Å². The number of ketones is 1. The minimum Gasteiger partial charge on any atom is -0.393 e. The van der Waals surface area contributed by atoms with Crippen molar-refractivity contribution in [1.82, 2.24) is 9.97 Å². The van der Waals surface area contributed by atoms with Crippen molar-refractivity contribution in [3.63, 3.8) is 0 Å². The SMILES string of the molecule is Cc1sc(C(=O)c2cncnc2N[C@@H]2C[C@@H](C)[C@@H](O)C2)cc1[C@@H]1OCC(F)(F)c2ccc(Cl)cc21. The van der Waals surface area contributed by atoms with Crippen LogP contribution in [0.15, 0.2) is 36.8 Å². The Morgan fingerprint density at radius 3 is 2.83 bits per heavy atom. The Balaban J connectivity index is 1.45. The minimum absolute atomic E-state index is 0.000592. The Morgan fingerprint density at radius 2 is 2.09 bits per heavy atom. The second-order valence-electron chi connectivity index (χ2n) is 9.22. The number of hydrogen-bond donors (Lipinski definition) is 2. The van der Waals surface area contributed by atoms with Gasteiger partial charge in [0.25, 0.3) is 5.92 Å². The number of rotatable bonds is 5. The van der Waals surface area contributed by atoms with Gasteiger partial charge in [-0.1, -0.05) is 24.6 Å². The molecule has 2 aliphatic rings. The summed E-state index contributed by atoms with van der Waals surface area (Å²) in [4.78, 5) is 23.0. The lowest BCUT2D eigenvalue weighted by Crippen LogP contribution is -2.31. The molecule has 5 rings (SSSR count). The number of nitrogens with one attached hydrogen (secondary N) is 1. The number of aliphatic hydroxyl groups is 1. The maximum Gasteiger partial charge on any atom is 0.296 e. The molecule has 35 heavy (non-hydrogen) atoms. The van der Waals surface area contributed by atoms with Crippen LogP contribution in [0.25, 0.3) is 0 Å². The predicted octanol–water partition coefficient (Wildman–Crippen LogP) is 5.51. The number of alkyl halides is 2. The molecular weight excluding hydrogens is 496 g/mol. The number of aryl methyl sites for hydroxylation is 1. The van der Waals surface area contributed by atoms with Gasteiger partial charge in [0.15, 0.2) is 0 Å². The molecule has 10 heteroatoms. The van der Waals surface area contributed by atoms with Crippen LogP contribution >= 0.6 is 22.9 Å². The van der Waals surface area contributed by atoms with Crippen molar-refractivity contribution in [2.45, 2.75) is 50.9 Å². The molecule has 0 bridgehead atoms. The fraction of sp³-hybridized carbons (Fsp3) is 0.400. The average molecular weight is 520 g/mol. The number of carbonyl (C=O) groups excluding carboxylic acids is 1. The van der Waals surface area contributed by atoms with Gasteiger partial charge in [0.05, 0.1) is 16.5 Å². The molecule has 2 N–H and O–H groups in total. The van der Waals surface area contributed by atoms with Crippen LogP contribution in [0.3, 0.4) is 0 Å². The van der Waals surface area contributed by atoms with Gasteiger partial charge in [0.2, 0.25) is 5.78 Å². The predicted molar refractivity (Wildman–Crippen MR) is 129 cm³/mol. The van der Waals surface area contributed by atoms with Gasteiger partial charge in [-0.05, 0) is 55.0 Å². The van der Waals surface area contributed by atoms with E-state index in [2.05, 4.69) is 15.3 Å². The van der Waals surface area contributed by atoms with E-state index in [0.29, 0.717) is 38.8 Å². The third kappa shape index (κ3) is 4.58. The third-order valence-electron chi connectivity index (χ3n) is 6.72. The van der Waals surface area contributed by atoms with Crippen molar-refractivity contribution < 1.29 is 23.4 Å². The topological polar surface area (TPSA) is 84.3 Å². The fourth-order valence-electron chi connectivity index (χ4n) is 4.85. The van der Waals surface area contributed by atoms with E-state index < -0.39 is 24.7 Å². The Labute approximate surface area is 210 Å². The molecule has 0 amide bonds. The van der Waals surface area contributed by atoms with Crippen LogP contribution in [-0.2, 0) is 10.7 Å². The molecule has 1 saturated carbocycles. The van der Waals surface area contributed by atoms with Gasteiger partial charge in [-0.3, -0.25) is 4.79 Å². The zero-order valence-electron chi connectivity index (χ0n) is 19.1. The summed E-state index contributed by atoms with van der Waals surface area (Å²) in [5.74, 6) is -2.82. The summed E-state index contributed by atoms with van der Waals surface area (Å²) in [5.41, 5.74) is 1.14. The number of aromatic nitrogens is 2. The van der Waals surface area contributed by atoms with E-state index in [9.17, 15) is 18.7 Å². The van der Waals surface area contributed by atoms with Crippen molar-refractivity contribution in [3.05, 3.63) is 73.8 Å². The summed E-state index contributed by atoms with van der Waals surface area (Å²) < 4.78 is 34.6. The van der Waals surface area contributed by atoms with Gasteiger partial charge in [0, 0.05) is 27.7 Å². The van der Waals surface area contributed by atoms with Gasteiger partial charge in [0.1, 0.15) is 24.9 Å². The highest BCUT2D eigenvalue weighted by atomic mass is 35.5. The normalized spacial score (nSPS) is 25.3. The summed E-state index contributed by atoms with van der Waals surface area (Å²) in [6.45, 7) is 3.07. The minimum atomic E-state index is -3.12. The zero-order valence-corrected chi connectivity index (χ0v) is 20.7. The van der Waals surface area contributed by atoms with E-state index in [1.807, 2.05) is 13.8 Å². The molecule has 1 aromatic carbocycles. The van der Waals surface area contributed by atoms with E-state index in [0.717, 1.165) is 11.3 Å². The maximum absolute atomic E-state index is 14.5. The van der Waals surface area contributed by atoms with Gasteiger partial charge in [-0.2, -0.15) is 8.78 Å². The van der Waals surface area contributed by atoms with E-state index in [1.54, 1.807) is 6.07 Å². The lowest BCUT2D eigenvalue weighted by atomic mass is 9.91. The number of thiophene rings is 1. The number of fused-ring (bicyclic) bond motifs is 1. The second-order valence-corrected chi connectivity index (χ2v) is 10.9. The summed E-state index contributed by atoms with van der Waals surface area (Å²) in [5, 5.41) is 13.7. The fourth-order valence-corrected chi connectivity index (χ4v) is 6.03. The first-order valence-electron chi connectivity index (χ1n) is 11.3. The van der Waals surface area contributed by atoms with Gasteiger partial charge >= 0.3 is 0 Å². The number of aliphatic hydroxyl groups excluding tert-OH is 1. The number of carbonyl (C=O) groups is 1. The molecule has 1 aliphatic heterocycles. The molecule has 0 unspecified atom stereocenters. The van der Waals surface area contributed by atoms with Gasteiger partial charge in [-0.15, -0.1) is 11.3 Å². The molecule has 3 heterocycles. The van der Waals surface area contributed by atoms with Crippen molar-refractivity contribution in [2.75, 3.05) is 11.9 Å².